The molecule has 2 saturated heterocycles. The summed E-state index contributed by atoms with van der Waals surface area (Å²) in [5.41, 5.74) is 4.61. The molecule has 6 aromatic rings. The summed E-state index contributed by atoms with van der Waals surface area (Å²) >= 11 is 0. The van der Waals surface area contributed by atoms with Gasteiger partial charge in [-0.15, -0.1) is 10.2 Å². The van der Waals surface area contributed by atoms with E-state index in [0.29, 0.717) is 79.2 Å². The van der Waals surface area contributed by atoms with Gasteiger partial charge in [-0.05, 0) is 96.0 Å². The number of aromatic nitrogens is 6. The SMILES string of the molecule is COC(=O)c1cccc(-c2cc(CN(C(=O)c3ncn(C)n3)C3CCOCC3)ccc2F)c1.Cn1cnc(C(=O)N(Cc2ccc(F)c(-c3cccc(CO)c3)c2)C2CCOCC2)n1. The fraction of sp³-hybridized carbons (Fsp3) is 0.340. The molecule has 1 N–H and O–H groups in total. The molecule has 64 heavy (non-hydrogen) atoms. The second-order valence-corrected chi connectivity index (χ2v) is 15.6. The van der Waals surface area contributed by atoms with Crippen LogP contribution < -0.4 is 0 Å². The van der Waals surface area contributed by atoms with Gasteiger partial charge in [0, 0.05) is 76.8 Å². The summed E-state index contributed by atoms with van der Waals surface area (Å²) in [5.74, 6) is -1.52. The lowest BCUT2D eigenvalue weighted by Crippen LogP contribution is -2.43. The Kier molecular flexibility index (Phi) is 15.0. The molecule has 17 heteroatoms. The topological polar surface area (TPSA) is 167 Å². The van der Waals surface area contributed by atoms with Crippen molar-refractivity contribution in [3.8, 4) is 22.3 Å². The summed E-state index contributed by atoms with van der Waals surface area (Å²) < 4.78 is 48.1. The predicted molar refractivity (Wildman–Crippen MR) is 230 cm³/mol. The van der Waals surface area contributed by atoms with E-state index >= 15 is 0 Å². The first-order valence-corrected chi connectivity index (χ1v) is 21.0. The minimum Gasteiger partial charge on any atom is -0.465 e. The second kappa shape index (κ2) is 21.1. The molecule has 2 aliphatic rings. The van der Waals surface area contributed by atoms with Gasteiger partial charge in [0.15, 0.2) is 0 Å². The van der Waals surface area contributed by atoms with Crippen molar-refractivity contribution in [1.82, 2.24) is 39.3 Å². The zero-order valence-corrected chi connectivity index (χ0v) is 35.9. The van der Waals surface area contributed by atoms with Crippen LogP contribution in [0.5, 0.6) is 0 Å². The highest BCUT2D eigenvalue weighted by atomic mass is 19.1. The van der Waals surface area contributed by atoms with Crippen molar-refractivity contribution in [1.29, 1.82) is 0 Å². The van der Waals surface area contributed by atoms with Crippen molar-refractivity contribution < 1.29 is 42.5 Å². The van der Waals surface area contributed by atoms with Crippen LogP contribution in [-0.4, -0.2) is 108 Å². The Morgan fingerprint density at radius 3 is 1.58 bits per heavy atom. The van der Waals surface area contributed by atoms with Crippen molar-refractivity contribution in [2.75, 3.05) is 33.5 Å². The summed E-state index contributed by atoms with van der Waals surface area (Å²) in [6, 6.07) is 23.3. The zero-order valence-electron chi connectivity index (χ0n) is 35.9. The van der Waals surface area contributed by atoms with Crippen LogP contribution in [0.15, 0.2) is 97.6 Å². The van der Waals surface area contributed by atoms with E-state index in [1.807, 2.05) is 0 Å². The molecule has 4 aromatic carbocycles. The molecule has 2 aromatic heterocycles. The van der Waals surface area contributed by atoms with Crippen LogP contribution in [0, 0.1) is 11.6 Å². The molecule has 0 radical (unpaired) electrons. The van der Waals surface area contributed by atoms with Crippen LogP contribution in [-0.2, 0) is 48.0 Å². The monoisotopic (exact) mass is 876 g/mol. The van der Waals surface area contributed by atoms with Crippen LogP contribution in [0.1, 0.15) is 74.0 Å². The maximum absolute atomic E-state index is 14.8. The van der Waals surface area contributed by atoms with Gasteiger partial charge in [0.05, 0.1) is 19.3 Å². The summed E-state index contributed by atoms with van der Waals surface area (Å²) in [5, 5.41) is 17.7. The summed E-state index contributed by atoms with van der Waals surface area (Å²) in [4.78, 5) is 50.1. The minimum atomic E-state index is -0.493. The quantitative estimate of drug-likeness (QED) is 0.140. The molecule has 2 amide bonds. The lowest BCUT2D eigenvalue weighted by atomic mass is 9.99. The van der Waals surface area contributed by atoms with E-state index in [4.69, 9.17) is 14.2 Å². The van der Waals surface area contributed by atoms with Gasteiger partial charge in [0.2, 0.25) is 11.6 Å². The van der Waals surface area contributed by atoms with Gasteiger partial charge in [0.25, 0.3) is 11.8 Å². The molecule has 0 spiro atoms. The molecule has 8 rings (SSSR count). The van der Waals surface area contributed by atoms with Gasteiger partial charge >= 0.3 is 5.97 Å². The number of rotatable bonds is 12. The minimum absolute atomic E-state index is 0.00345. The van der Waals surface area contributed by atoms with E-state index in [0.717, 1.165) is 24.0 Å². The Labute approximate surface area is 369 Å². The number of amides is 2. The highest BCUT2D eigenvalue weighted by Gasteiger charge is 2.31. The van der Waals surface area contributed by atoms with Crippen molar-refractivity contribution >= 4 is 17.8 Å². The summed E-state index contributed by atoms with van der Waals surface area (Å²) in [6.07, 6.45) is 5.84. The van der Waals surface area contributed by atoms with Crippen LogP contribution in [0.3, 0.4) is 0 Å². The number of aliphatic hydroxyl groups is 1. The highest BCUT2D eigenvalue weighted by Crippen LogP contribution is 2.29. The van der Waals surface area contributed by atoms with Gasteiger partial charge in [-0.2, -0.15) is 0 Å². The third kappa shape index (κ3) is 11.1. The molecule has 0 unspecified atom stereocenters. The molecule has 2 fully saturated rings. The maximum Gasteiger partial charge on any atom is 0.337 e. The lowest BCUT2D eigenvalue weighted by molar-refractivity contribution is 0.0254. The number of methoxy groups -OCH3 is 1. The number of hydrogen-bond donors (Lipinski definition) is 1. The molecule has 0 aliphatic carbocycles. The zero-order chi connectivity index (χ0) is 45.2. The number of carbonyl (C=O) groups is 3. The second-order valence-electron chi connectivity index (χ2n) is 15.6. The predicted octanol–water partition coefficient (Wildman–Crippen LogP) is 6.16. The van der Waals surface area contributed by atoms with E-state index in [1.54, 1.807) is 96.7 Å². The van der Waals surface area contributed by atoms with E-state index < -0.39 is 11.8 Å². The first kappa shape index (κ1) is 45.3. The molecular formula is C47H50F2N8O7. The Bertz CT molecular complexity index is 2570. The lowest BCUT2D eigenvalue weighted by Gasteiger charge is -2.34. The summed E-state index contributed by atoms with van der Waals surface area (Å²) in [6.45, 7) is 2.79. The van der Waals surface area contributed by atoms with E-state index in [2.05, 4.69) is 20.2 Å². The van der Waals surface area contributed by atoms with Crippen LogP contribution in [0.2, 0.25) is 0 Å². The largest absolute Gasteiger partial charge is 0.465 e. The van der Waals surface area contributed by atoms with Gasteiger partial charge in [-0.3, -0.25) is 19.0 Å². The van der Waals surface area contributed by atoms with E-state index in [1.165, 1.54) is 41.3 Å². The number of carbonyl (C=O) groups excluding carboxylic acids is 3. The van der Waals surface area contributed by atoms with Crippen molar-refractivity contribution in [2.24, 2.45) is 14.1 Å². The van der Waals surface area contributed by atoms with Crippen LogP contribution in [0.25, 0.3) is 22.3 Å². The van der Waals surface area contributed by atoms with E-state index in [9.17, 15) is 28.3 Å². The first-order valence-electron chi connectivity index (χ1n) is 21.0. The number of halogens is 2. The Morgan fingerprint density at radius 1 is 0.672 bits per heavy atom. The molecule has 4 heterocycles. The highest BCUT2D eigenvalue weighted by molar-refractivity contribution is 5.92. The molecule has 0 saturated carbocycles. The van der Waals surface area contributed by atoms with Gasteiger partial charge < -0.3 is 29.1 Å². The first-order chi connectivity index (χ1) is 31.0. The Balaban J connectivity index is 0.000000192. The molecular weight excluding hydrogens is 827 g/mol. The number of hydrogen-bond acceptors (Lipinski definition) is 11. The standard InChI is InChI=1S/C24H25FN4O4.C23H25FN4O3/c1-28-15-26-22(27-28)23(30)29(19-8-10-33-11-9-19)14-16-6-7-21(25)20(12-16)17-4-3-5-18(13-17)24(31)32-2;1-27-15-25-22(26-27)23(30)28(19-7-9-31-10-8-19)13-16-5-6-21(24)20(12-16)18-4-2-3-17(11-18)14-29/h3-7,12-13,15,19H,8-11,14H2,1-2H3;2-6,11-12,15,19,29H,7-10,13-14H2,1H3. The number of nitrogens with zero attached hydrogens (tertiary/aromatic N) is 8. The normalized spacial score (nSPS) is 14.3. The average molecular weight is 877 g/mol. The Morgan fingerprint density at radius 2 is 1.14 bits per heavy atom. The van der Waals surface area contributed by atoms with Crippen molar-refractivity contribution in [3.63, 3.8) is 0 Å². The molecule has 334 valence electrons. The van der Waals surface area contributed by atoms with Gasteiger partial charge in [0.1, 0.15) is 24.3 Å². The number of benzene rings is 4. The van der Waals surface area contributed by atoms with Gasteiger partial charge in [-0.1, -0.05) is 42.5 Å². The number of esters is 1. The Hall–Kier alpha value is -6.69. The smallest absolute Gasteiger partial charge is 0.337 e. The van der Waals surface area contributed by atoms with Gasteiger partial charge in [-0.25, -0.2) is 23.5 Å². The fourth-order valence-corrected chi connectivity index (χ4v) is 7.80. The third-order valence-electron chi connectivity index (χ3n) is 11.1. The van der Waals surface area contributed by atoms with Crippen molar-refractivity contribution in [2.45, 2.75) is 57.5 Å². The van der Waals surface area contributed by atoms with E-state index in [-0.39, 0.29) is 54.5 Å². The van der Waals surface area contributed by atoms with Crippen LogP contribution >= 0.6 is 0 Å². The molecule has 2 aliphatic heterocycles. The molecule has 0 bridgehead atoms. The number of aliphatic hydroxyl groups excluding tert-OH is 1. The number of aryl methyl sites for hydroxylation is 2. The maximum atomic E-state index is 14.8. The fourth-order valence-electron chi connectivity index (χ4n) is 7.80. The van der Waals surface area contributed by atoms with Crippen molar-refractivity contribution in [3.05, 3.63) is 143 Å². The molecule has 0 atom stereocenters. The summed E-state index contributed by atoms with van der Waals surface area (Å²) in [7, 11) is 4.72. The third-order valence-corrected chi connectivity index (χ3v) is 11.1. The van der Waals surface area contributed by atoms with Crippen LogP contribution in [0.4, 0.5) is 8.78 Å². The molecule has 15 nitrogen and oxygen atoms in total. The average Bonchev–Trinajstić information content (AvgIpc) is 3.99. The number of ether oxygens (including phenoxy) is 3.